The Kier molecular flexibility index (Phi) is 6.78. The summed E-state index contributed by atoms with van der Waals surface area (Å²) < 4.78 is 5.98. The van der Waals surface area contributed by atoms with Crippen LogP contribution in [0, 0.1) is 6.92 Å². The highest BCUT2D eigenvalue weighted by molar-refractivity contribution is 9.10. The average molecular weight is 423 g/mol. The van der Waals surface area contributed by atoms with Gasteiger partial charge in [-0.25, -0.2) is 0 Å². The van der Waals surface area contributed by atoms with Gasteiger partial charge in [0.25, 0.3) is 5.91 Å². The first-order valence-electron chi connectivity index (χ1n) is 7.70. The zero-order valence-electron chi connectivity index (χ0n) is 13.9. The Morgan fingerprint density at radius 3 is 2.56 bits per heavy atom. The van der Waals surface area contributed by atoms with E-state index < -0.39 is 0 Å². The standard InChI is InChI=1S/C18H19BrN2O3S/c1-3-12-4-6-14(7-5-12)24-10-16(22)21-18(25)20-13-8-11(2)17(23)15(19)9-13/h4-9,23H,3,10H2,1-2H3,(H2,20,21,22,25). The fourth-order valence-electron chi connectivity index (χ4n) is 2.10. The molecule has 1 amide bonds. The first-order valence-corrected chi connectivity index (χ1v) is 8.91. The Morgan fingerprint density at radius 2 is 1.96 bits per heavy atom. The van der Waals surface area contributed by atoms with Gasteiger partial charge in [-0.2, -0.15) is 0 Å². The minimum absolute atomic E-state index is 0.133. The second kappa shape index (κ2) is 8.82. The van der Waals surface area contributed by atoms with Gasteiger partial charge in [0.2, 0.25) is 0 Å². The number of aryl methyl sites for hydroxylation is 2. The Labute approximate surface area is 160 Å². The van der Waals surface area contributed by atoms with Crippen LogP contribution in [0.2, 0.25) is 0 Å². The molecule has 0 fully saturated rings. The van der Waals surface area contributed by atoms with E-state index in [1.165, 1.54) is 5.56 Å². The number of thiocarbonyl (C=S) groups is 1. The molecule has 0 aromatic heterocycles. The fourth-order valence-corrected chi connectivity index (χ4v) is 2.90. The molecule has 0 aliphatic rings. The van der Waals surface area contributed by atoms with Crippen molar-refractivity contribution in [1.82, 2.24) is 5.32 Å². The predicted octanol–water partition coefficient (Wildman–Crippen LogP) is 3.92. The Morgan fingerprint density at radius 1 is 1.28 bits per heavy atom. The fraction of sp³-hybridized carbons (Fsp3) is 0.222. The van der Waals surface area contributed by atoms with Crippen molar-refractivity contribution in [3.63, 3.8) is 0 Å². The number of ether oxygens (including phenoxy) is 1. The van der Waals surface area contributed by atoms with Gasteiger partial charge in [0, 0.05) is 5.69 Å². The summed E-state index contributed by atoms with van der Waals surface area (Å²) in [6.45, 7) is 3.71. The third kappa shape index (κ3) is 5.72. The van der Waals surface area contributed by atoms with Gasteiger partial charge in [0.05, 0.1) is 4.47 Å². The van der Waals surface area contributed by atoms with Crippen LogP contribution in [0.4, 0.5) is 5.69 Å². The molecule has 25 heavy (non-hydrogen) atoms. The summed E-state index contributed by atoms with van der Waals surface area (Å²) in [5.74, 6) is 0.443. The normalized spacial score (nSPS) is 10.2. The molecule has 0 radical (unpaired) electrons. The van der Waals surface area contributed by atoms with Crippen LogP contribution in [0.15, 0.2) is 40.9 Å². The number of carbonyl (C=O) groups excluding carboxylic acids is 1. The van der Waals surface area contributed by atoms with E-state index in [9.17, 15) is 9.90 Å². The lowest BCUT2D eigenvalue weighted by atomic mass is 10.2. The minimum atomic E-state index is -0.355. The van der Waals surface area contributed by atoms with E-state index in [0.717, 1.165) is 6.42 Å². The van der Waals surface area contributed by atoms with Gasteiger partial charge < -0.3 is 15.2 Å². The summed E-state index contributed by atoms with van der Waals surface area (Å²) in [5, 5.41) is 15.3. The molecule has 132 valence electrons. The summed E-state index contributed by atoms with van der Waals surface area (Å²) in [4.78, 5) is 11.9. The molecule has 2 aromatic rings. The number of hydrogen-bond donors (Lipinski definition) is 3. The van der Waals surface area contributed by atoms with Gasteiger partial charge in [0.1, 0.15) is 11.5 Å². The van der Waals surface area contributed by atoms with Crippen molar-refractivity contribution < 1.29 is 14.6 Å². The number of phenols is 1. The number of aromatic hydroxyl groups is 1. The minimum Gasteiger partial charge on any atom is -0.506 e. The topological polar surface area (TPSA) is 70.6 Å². The molecule has 0 unspecified atom stereocenters. The van der Waals surface area contributed by atoms with Crippen molar-refractivity contribution >= 4 is 44.9 Å². The molecular formula is C18H19BrN2O3S. The van der Waals surface area contributed by atoms with Crippen LogP contribution in [0.3, 0.4) is 0 Å². The molecule has 0 bridgehead atoms. The van der Waals surface area contributed by atoms with Crippen LogP contribution in [0.25, 0.3) is 0 Å². The summed E-state index contributed by atoms with van der Waals surface area (Å²) in [6, 6.07) is 11.0. The molecule has 2 rings (SSSR count). The second-order valence-corrected chi connectivity index (χ2v) is 6.67. The van der Waals surface area contributed by atoms with Crippen molar-refractivity contribution in [2.24, 2.45) is 0 Å². The van der Waals surface area contributed by atoms with E-state index in [2.05, 4.69) is 33.5 Å². The molecule has 5 nitrogen and oxygen atoms in total. The maximum atomic E-state index is 11.9. The monoisotopic (exact) mass is 422 g/mol. The average Bonchev–Trinajstić information content (AvgIpc) is 2.58. The lowest BCUT2D eigenvalue weighted by Gasteiger charge is -2.12. The third-order valence-electron chi connectivity index (χ3n) is 3.47. The van der Waals surface area contributed by atoms with Gasteiger partial charge in [0.15, 0.2) is 11.7 Å². The Hall–Kier alpha value is -2.12. The molecule has 0 saturated heterocycles. The predicted molar refractivity (Wildman–Crippen MR) is 106 cm³/mol. The number of amides is 1. The number of phenolic OH excluding ortho intramolecular Hbond substituents is 1. The number of carbonyl (C=O) groups is 1. The number of anilines is 1. The van der Waals surface area contributed by atoms with Gasteiger partial charge in [-0.05, 0) is 76.9 Å². The van der Waals surface area contributed by atoms with E-state index in [1.54, 1.807) is 19.1 Å². The van der Waals surface area contributed by atoms with E-state index >= 15 is 0 Å². The summed E-state index contributed by atoms with van der Waals surface area (Å²) in [7, 11) is 0. The quantitative estimate of drug-likeness (QED) is 0.503. The highest BCUT2D eigenvalue weighted by Gasteiger charge is 2.09. The van der Waals surface area contributed by atoms with E-state index in [4.69, 9.17) is 17.0 Å². The SMILES string of the molecule is CCc1ccc(OCC(=O)NC(=S)Nc2cc(C)c(O)c(Br)c2)cc1. The number of halogens is 1. The van der Waals surface area contributed by atoms with Crippen LogP contribution in [-0.4, -0.2) is 22.7 Å². The molecule has 0 atom stereocenters. The highest BCUT2D eigenvalue weighted by atomic mass is 79.9. The maximum absolute atomic E-state index is 11.9. The zero-order valence-corrected chi connectivity index (χ0v) is 16.3. The van der Waals surface area contributed by atoms with Crippen LogP contribution in [-0.2, 0) is 11.2 Å². The second-order valence-electron chi connectivity index (χ2n) is 5.41. The van der Waals surface area contributed by atoms with Gasteiger partial charge in [-0.1, -0.05) is 19.1 Å². The van der Waals surface area contributed by atoms with Crippen LogP contribution in [0.5, 0.6) is 11.5 Å². The van der Waals surface area contributed by atoms with Crippen molar-refractivity contribution in [1.29, 1.82) is 0 Å². The molecule has 2 aromatic carbocycles. The highest BCUT2D eigenvalue weighted by Crippen LogP contribution is 2.30. The van der Waals surface area contributed by atoms with E-state index in [-0.39, 0.29) is 23.4 Å². The third-order valence-corrected chi connectivity index (χ3v) is 4.27. The number of benzene rings is 2. The number of hydrogen-bond acceptors (Lipinski definition) is 4. The number of nitrogens with one attached hydrogen (secondary N) is 2. The van der Waals surface area contributed by atoms with Crippen LogP contribution >= 0.6 is 28.1 Å². The molecule has 0 saturated carbocycles. The molecule has 0 aliphatic heterocycles. The van der Waals surface area contributed by atoms with Crippen LogP contribution in [0.1, 0.15) is 18.1 Å². The van der Waals surface area contributed by atoms with Crippen molar-refractivity contribution in [3.8, 4) is 11.5 Å². The molecule has 0 spiro atoms. The smallest absolute Gasteiger partial charge is 0.264 e. The van der Waals surface area contributed by atoms with E-state index in [1.807, 2.05) is 24.3 Å². The van der Waals surface area contributed by atoms with E-state index in [0.29, 0.717) is 21.5 Å². The molecule has 7 heteroatoms. The van der Waals surface area contributed by atoms with Crippen molar-refractivity contribution in [2.45, 2.75) is 20.3 Å². The Bertz CT molecular complexity index is 755. The van der Waals surface area contributed by atoms with Crippen molar-refractivity contribution in [2.75, 3.05) is 11.9 Å². The summed E-state index contributed by atoms with van der Waals surface area (Å²) >= 11 is 8.38. The lowest BCUT2D eigenvalue weighted by Crippen LogP contribution is -2.37. The van der Waals surface area contributed by atoms with Gasteiger partial charge in [-0.15, -0.1) is 0 Å². The zero-order chi connectivity index (χ0) is 18.4. The summed E-state index contributed by atoms with van der Waals surface area (Å²) in [6.07, 6.45) is 0.952. The number of rotatable bonds is 5. The molecule has 0 aliphatic carbocycles. The van der Waals surface area contributed by atoms with Gasteiger partial charge >= 0.3 is 0 Å². The summed E-state index contributed by atoms with van der Waals surface area (Å²) in [5.41, 5.74) is 2.55. The van der Waals surface area contributed by atoms with Crippen molar-refractivity contribution in [3.05, 3.63) is 52.0 Å². The Balaban J connectivity index is 1.84. The largest absolute Gasteiger partial charge is 0.506 e. The first-order chi connectivity index (χ1) is 11.9. The maximum Gasteiger partial charge on any atom is 0.264 e. The van der Waals surface area contributed by atoms with Gasteiger partial charge in [-0.3, -0.25) is 10.1 Å². The van der Waals surface area contributed by atoms with Crippen LogP contribution < -0.4 is 15.4 Å². The lowest BCUT2D eigenvalue weighted by molar-refractivity contribution is -0.121. The molecule has 0 heterocycles. The molecular weight excluding hydrogens is 404 g/mol. The molecule has 3 N–H and O–H groups in total. The first kappa shape index (κ1) is 19.2.